The second-order valence-electron chi connectivity index (χ2n) is 3.85. The number of hydrogen-bond donors (Lipinski definition) is 0. The first kappa shape index (κ1) is 12.8. The molecule has 1 aliphatic rings. The van der Waals surface area contributed by atoms with Crippen LogP contribution in [-0.2, 0) is 19.0 Å². The minimum absolute atomic E-state index is 0.358. The molecule has 0 saturated carbocycles. The van der Waals surface area contributed by atoms with Crippen molar-refractivity contribution in [3.05, 3.63) is 41.5 Å². The van der Waals surface area contributed by atoms with Crippen LogP contribution in [0.15, 0.2) is 30.3 Å². The quantitative estimate of drug-likeness (QED) is 0.608. The van der Waals surface area contributed by atoms with Crippen LogP contribution in [0.4, 0.5) is 0 Å². The molecule has 1 aromatic carbocycles. The Morgan fingerprint density at radius 2 is 2.00 bits per heavy atom. The van der Waals surface area contributed by atoms with Crippen LogP contribution in [0.5, 0.6) is 0 Å². The van der Waals surface area contributed by atoms with Crippen molar-refractivity contribution >= 4 is 11.5 Å². The highest BCUT2D eigenvalue weighted by atomic mass is 16.7. The van der Waals surface area contributed by atoms with Gasteiger partial charge in [0.2, 0.25) is 0 Å². The number of ether oxygens (including phenoxy) is 3. The zero-order valence-corrected chi connectivity index (χ0v) is 10.5. The molecule has 0 unspecified atom stereocenters. The van der Waals surface area contributed by atoms with E-state index >= 15 is 0 Å². The third-order valence-electron chi connectivity index (χ3n) is 2.82. The number of methoxy groups -OCH3 is 1. The molecule has 0 N–H and O–H groups in total. The average molecular weight is 248 g/mol. The molecule has 18 heavy (non-hydrogen) atoms. The summed E-state index contributed by atoms with van der Waals surface area (Å²) in [6.07, 6.45) is 1.33. The maximum Gasteiger partial charge on any atom is 0.338 e. The Morgan fingerprint density at radius 3 is 2.61 bits per heavy atom. The second-order valence-corrected chi connectivity index (χ2v) is 3.85. The van der Waals surface area contributed by atoms with Crippen LogP contribution in [0.2, 0.25) is 0 Å². The van der Waals surface area contributed by atoms with Crippen LogP contribution in [0.1, 0.15) is 24.3 Å². The summed E-state index contributed by atoms with van der Waals surface area (Å²) in [6, 6.07) is 7.54. The van der Waals surface area contributed by atoms with Crippen molar-refractivity contribution in [2.75, 3.05) is 20.3 Å². The van der Waals surface area contributed by atoms with Gasteiger partial charge >= 0.3 is 5.97 Å². The molecule has 1 heterocycles. The van der Waals surface area contributed by atoms with Crippen molar-refractivity contribution in [2.24, 2.45) is 0 Å². The zero-order valence-electron chi connectivity index (χ0n) is 10.5. The van der Waals surface area contributed by atoms with Gasteiger partial charge in [0.25, 0.3) is 0 Å². The Labute approximate surface area is 106 Å². The topological polar surface area (TPSA) is 44.8 Å². The van der Waals surface area contributed by atoms with Crippen molar-refractivity contribution in [3.8, 4) is 0 Å². The number of carbonyl (C=O) groups excluding carboxylic acids is 1. The molecule has 0 aromatic heterocycles. The van der Waals surface area contributed by atoms with E-state index < -0.39 is 6.29 Å². The summed E-state index contributed by atoms with van der Waals surface area (Å²) < 4.78 is 15.8. The first-order valence-corrected chi connectivity index (χ1v) is 5.85. The van der Waals surface area contributed by atoms with Crippen molar-refractivity contribution in [3.63, 3.8) is 0 Å². The lowest BCUT2D eigenvalue weighted by Gasteiger charge is -2.15. The van der Waals surface area contributed by atoms with Crippen molar-refractivity contribution in [2.45, 2.75) is 13.2 Å². The van der Waals surface area contributed by atoms with Gasteiger partial charge in [0.15, 0.2) is 6.29 Å². The molecule has 0 radical (unpaired) electrons. The van der Waals surface area contributed by atoms with Gasteiger partial charge < -0.3 is 14.2 Å². The molecule has 2 rings (SSSR count). The summed E-state index contributed by atoms with van der Waals surface area (Å²) in [6.45, 7) is 2.95. The van der Waals surface area contributed by atoms with Gasteiger partial charge in [0.1, 0.15) is 0 Å². The number of carbonyl (C=O) groups is 1. The number of allylic oxidation sites excluding steroid dienone is 1. The Balaban J connectivity index is 2.40. The first-order valence-electron chi connectivity index (χ1n) is 5.85. The average Bonchev–Trinajstić information content (AvgIpc) is 2.94. The minimum Gasteiger partial charge on any atom is -0.465 e. The van der Waals surface area contributed by atoms with E-state index in [4.69, 9.17) is 14.2 Å². The fourth-order valence-corrected chi connectivity index (χ4v) is 1.98. The monoisotopic (exact) mass is 248 g/mol. The van der Waals surface area contributed by atoms with Gasteiger partial charge in [-0.3, -0.25) is 0 Å². The lowest BCUT2D eigenvalue weighted by molar-refractivity contribution is -0.133. The zero-order chi connectivity index (χ0) is 13.0. The number of hydrogen-bond acceptors (Lipinski definition) is 4. The molecular weight excluding hydrogens is 232 g/mol. The minimum atomic E-state index is -0.402. The van der Waals surface area contributed by atoms with E-state index in [1.807, 2.05) is 24.3 Å². The lowest BCUT2D eigenvalue weighted by atomic mass is 9.99. The maximum atomic E-state index is 11.7. The third kappa shape index (κ3) is 2.44. The molecule has 4 heteroatoms. The second kappa shape index (κ2) is 5.80. The molecule has 96 valence electrons. The van der Waals surface area contributed by atoms with Crippen LogP contribution in [0, 0.1) is 0 Å². The van der Waals surface area contributed by atoms with Crippen LogP contribution < -0.4 is 0 Å². The molecule has 1 aromatic rings. The first-order chi connectivity index (χ1) is 8.77. The molecule has 1 aliphatic heterocycles. The maximum absolute atomic E-state index is 11.7. The molecule has 0 bridgehead atoms. The standard InChI is InChI=1S/C14H16O4/c1-3-10(13(15)16-2)11-6-4-5-7-12(11)14-17-8-9-18-14/h3-7,14H,8-9H2,1-2H3/b10-3-. The normalized spacial score (nSPS) is 16.9. The highest BCUT2D eigenvalue weighted by Crippen LogP contribution is 2.30. The van der Waals surface area contributed by atoms with Crippen LogP contribution in [0.25, 0.3) is 5.57 Å². The number of esters is 1. The van der Waals surface area contributed by atoms with E-state index in [0.29, 0.717) is 18.8 Å². The van der Waals surface area contributed by atoms with Gasteiger partial charge in [0, 0.05) is 5.56 Å². The van der Waals surface area contributed by atoms with E-state index in [1.165, 1.54) is 7.11 Å². The van der Waals surface area contributed by atoms with E-state index in [0.717, 1.165) is 11.1 Å². The highest BCUT2D eigenvalue weighted by molar-refractivity contribution is 6.16. The van der Waals surface area contributed by atoms with Gasteiger partial charge in [-0.2, -0.15) is 0 Å². The van der Waals surface area contributed by atoms with Crippen molar-refractivity contribution in [1.29, 1.82) is 0 Å². The van der Waals surface area contributed by atoms with Gasteiger partial charge in [-0.1, -0.05) is 30.3 Å². The highest BCUT2D eigenvalue weighted by Gasteiger charge is 2.24. The summed E-state index contributed by atoms with van der Waals surface area (Å²) in [5.41, 5.74) is 2.17. The molecular formula is C14H16O4. The number of rotatable bonds is 3. The van der Waals surface area contributed by atoms with Crippen LogP contribution in [-0.4, -0.2) is 26.3 Å². The molecule has 0 aliphatic carbocycles. The molecule has 0 amide bonds. The third-order valence-corrected chi connectivity index (χ3v) is 2.82. The summed E-state index contributed by atoms with van der Waals surface area (Å²) in [7, 11) is 1.37. The lowest BCUT2D eigenvalue weighted by Crippen LogP contribution is -2.09. The van der Waals surface area contributed by atoms with Crippen LogP contribution in [0.3, 0.4) is 0 Å². The van der Waals surface area contributed by atoms with Crippen LogP contribution >= 0.6 is 0 Å². The van der Waals surface area contributed by atoms with Gasteiger partial charge in [-0.25, -0.2) is 4.79 Å². The largest absolute Gasteiger partial charge is 0.465 e. The molecule has 1 fully saturated rings. The fraction of sp³-hybridized carbons (Fsp3) is 0.357. The predicted molar refractivity (Wildman–Crippen MR) is 66.8 cm³/mol. The van der Waals surface area contributed by atoms with E-state index in [-0.39, 0.29) is 5.97 Å². The van der Waals surface area contributed by atoms with Crippen molar-refractivity contribution in [1.82, 2.24) is 0 Å². The predicted octanol–water partition coefficient (Wildman–Crippen LogP) is 2.31. The summed E-state index contributed by atoms with van der Waals surface area (Å²) in [5, 5.41) is 0. The molecule has 0 atom stereocenters. The Morgan fingerprint density at radius 1 is 1.33 bits per heavy atom. The summed E-state index contributed by atoms with van der Waals surface area (Å²) in [4.78, 5) is 11.7. The number of benzene rings is 1. The molecule has 0 spiro atoms. The summed E-state index contributed by atoms with van der Waals surface area (Å²) in [5.74, 6) is -0.358. The Bertz CT molecular complexity index is 459. The molecule has 4 nitrogen and oxygen atoms in total. The van der Waals surface area contributed by atoms with Crippen molar-refractivity contribution < 1.29 is 19.0 Å². The fourth-order valence-electron chi connectivity index (χ4n) is 1.98. The van der Waals surface area contributed by atoms with E-state index in [1.54, 1.807) is 13.0 Å². The SMILES string of the molecule is C/C=C(\C(=O)OC)c1ccccc1C1OCCO1. The Kier molecular flexibility index (Phi) is 4.12. The van der Waals surface area contributed by atoms with Gasteiger partial charge in [-0.05, 0) is 12.5 Å². The van der Waals surface area contributed by atoms with E-state index in [9.17, 15) is 4.79 Å². The van der Waals surface area contributed by atoms with Gasteiger partial charge in [-0.15, -0.1) is 0 Å². The summed E-state index contributed by atoms with van der Waals surface area (Å²) >= 11 is 0. The van der Waals surface area contributed by atoms with Gasteiger partial charge in [0.05, 0.1) is 25.9 Å². The molecule has 1 saturated heterocycles. The Hall–Kier alpha value is -1.65. The smallest absolute Gasteiger partial charge is 0.338 e. The van der Waals surface area contributed by atoms with E-state index in [2.05, 4.69) is 0 Å².